The summed E-state index contributed by atoms with van der Waals surface area (Å²) in [6.07, 6.45) is 0. The Morgan fingerprint density at radius 2 is 0.836 bits per heavy atom. The average molecular weight is 857 g/mol. The summed E-state index contributed by atoms with van der Waals surface area (Å²) in [7, 11) is 0. The van der Waals surface area contributed by atoms with E-state index in [0.717, 1.165) is 77.6 Å². The quantitative estimate of drug-likeness (QED) is 0.143. The minimum absolute atomic E-state index is 0.515. The maximum atomic E-state index is 9.95. The number of rotatable bonds is 8. The molecule has 0 atom stereocenters. The van der Waals surface area contributed by atoms with Gasteiger partial charge in [0, 0.05) is 38.6 Å². The Kier molecular flexibility index (Phi) is 10.3. The molecule has 0 aliphatic carbocycles. The molecule has 0 amide bonds. The van der Waals surface area contributed by atoms with Crippen LogP contribution < -0.4 is 0 Å². The molecule has 0 radical (unpaired) electrons. The monoisotopic (exact) mass is 856 g/mol. The van der Waals surface area contributed by atoms with Crippen LogP contribution in [0.25, 0.3) is 111 Å². The Labute approximate surface area is 389 Å². The first-order valence-electron chi connectivity index (χ1n) is 22.2. The molecule has 2 aromatic heterocycles. The predicted octanol–water partition coefficient (Wildman–Crippen LogP) is 15.7. The molecule has 0 aliphatic rings. The summed E-state index contributed by atoms with van der Waals surface area (Å²) in [5, 5.41) is 12.2. The molecule has 0 saturated carbocycles. The van der Waals surface area contributed by atoms with Crippen LogP contribution in [-0.2, 0) is 0 Å². The zero-order chi connectivity index (χ0) is 45.4. The molecular formula is C61H40N6. The van der Waals surface area contributed by atoms with E-state index >= 15 is 0 Å². The second kappa shape index (κ2) is 17.0. The fraction of sp³-hybridized carbons (Fsp3) is 0.0328. The lowest BCUT2D eigenvalue weighted by atomic mass is 9.92. The van der Waals surface area contributed by atoms with E-state index in [0.29, 0.717) is 28.7 Å². The minimum Gasteiger partial charge on any atom is -0.308 e. The lowest BCUT2D eigenvalue weighted by molar-refractivity contribution is 1.07. The fourth-order valence-electron chi connectivity index (χ4n) is 9.21. The molecule has 314 valence electrons. The van der Waals surface area contributed by atoms with Gasteiger partial charge < -0.3 is 4.57 Å². The van der Waals surface area contributed by atoms with Gasteiger partial charge in [0.05, 0.1) is 34.9 Å². The van der Waals surface area contributed by atoms with Crippen LogP contribution in [0.1, 0.15) is 16.7 Å². The van der Waals surface area contributed by atoms with Gasteiger partial charge in [-0.25, -0.2) is 19.8 Å². The van der Waals surface area contributed by atoms with Crippen LogP contribution in [0.2, 0.25) is 0 Å². The number of nitriles is 1. The second-order valence-corrected chi connectivity index (χ2v) is 16.7. The van der Waals surface area contributed by atoms with E-state index < -0.39 is 0 Å². The third kappa shape index (κ3) is 7.49. The third-order valence-electron chi connectivity index (χ3n) is 12.6. The van der Waals surface area contributed by atoms with E-state index in [1.807, 2.05) is 109 Å². The largest absolute Gasteiger partial charge is 0.308 e. The Bertz CT molecular complexity index is 3520. The summed E-state index contributed by atoms with van der Waals surface area (Å²) in [5.41, 5.74) is 17.4. The highest BCUT2D eigenvalue weighted by atomic mass is 15.0. The van der Waals surface area contributed by atoms with Gasteiger partial charge >= 0.3 is 0 Å². The molecule has 9 aromatic carbocycles. The molecule has 6 nitrogen and oxygen atoms in total. The number of fused-ring (bicyclic) bond motifs is 3. The van der Waals surface area contributed by atoms with Gasteiger partial charge in [-0.2, -0.15) is 5.26 Å². The zero-order valence-corrected chi connectivity index (χ0v) is 36.8. The Morgan fingerprint density at radius 1 is 0.418 bits per heavy atom. The highest BCUT2D eigenvalue weighted by Gasteiger charge is 2.24. The maximum Gasteiger partial charge on any atom is 0.187 e. The Morgan fingerprint density at radius 3 is 1.28 bits per heavy atom. The van der Waals surface area contributed by atoms with E-state index in [2.05, 4.69) is 126 Å². The summed E-state index contributed by atoms with van der Waals surface area (Å²) >= 11 is 0. The van der Waals surface area contributed by atoms with Crippen molar-refractivity contribution in [2.45, 2.75) is 13.8 Å². The summed E-state index contributed by atoms with van der Waals surface area (Å²) < 4.78 is 2.39. The summed E-state index contributed by atoms with van der Waals surface area (Å²) in [6, 6.07) is 72.9. The molecule has 67 heavy (non-hydrogen) atoms. The fourth-order valence-corrected chi connectivity index (χ4v) is 9.21. The summed E-state index contributed by atoms with van der Waals surface area (Å²) in [5.74, 6) is 1.64. The third-order valence-corrected chi connectivity index (χ3v) is 12.6. The number of aromatic nitrogens is 4. The van der Waals surface area contributed by atoms with Crippen LogP contribution in [0.15, 0.2) is 206 Å². The summed E-state index contributed by atoms with van der Waals surface area (Å²) in [4.78, 5) is 19.2. The molecule has 6 heteroatoms. The zero-order valence-electron chi connectivity index (χ0n) is 36.8. The van der Waals surface area contributed by atoms with Gasteiger partial charge in [0.25, 0.3) is 0 Å². The van der Waals surface area contributed by atoms with Crippen molar-refractivity contribution in [2.75, 3.05) is 0 Å². The lowest BCUT2D eigenvalue weighted by Crippen LogP contribution is -2.04. The molecule has 0 fully saturated rings. The topological polar surface area (TPSA) is 71.8 Å². The standard InChI is InChI=1S/C61H40N6/c1-39-14-10-12-20-50(39)46-28-32-56-54(34-46)55-35-47(51-21-13-11-15-40(51)2)29-33-57(55)67(56)58-52(42-24-22-41(38-62)23-25-42)36-48(37-53(58)43-26-30-49(63-3)31-27-43)61-65-59(44-16-6-4-7-17-44)64-60(66-61)45-18-8-5-9-19-45/h4-37H,1-2H3. The lowest BCUT2D eigenvalue weighted by Gasteiger charge is -2.21. The number of hydrogen-bond acceptors (Lipinski definition) is 4. The van der Waals surface area contributed by atoms with Crippen LogP contribution in [0, 0.1) is 31.8 Å². The van der Waals surface area contributed by atoms with E-state index in [9.17, 15) is 5.26 Å². The normalized spacial score (nSPS) is 11.1. The van der Waals surface area contributed by atoms with Crippen molar-refractivity contribution in [1.82, 2.24) is 19.5 Å². The van der Waals surface area contributed by atoms with Crippen molar-refractivity contribution in [3.8, 4) is 90.4 Å². The van der Waals surface area contributed by atoms with Crippen LogP contribution >= 0.6 is 0 Å². The van der Waals surface area contributed by atoms with Crippen molar-refractivity contribution in [2.24, 2.45) is 0 Å². The highest BCUT2D eigenvalue weighted by Crippen LogP contribution is 2.46. The van der Waals surface area contributed by atoms with Crippen molar-refractivity contribution in [1.29, 1.82) is 5.26 Å². The first-order chi connectivity index (χ1) is 32.9. The van der Waals surface area contributed by atoms with Crippen molar-refractivity contribution >= 4 is 27.5 Å². The van der Waals surface area contributed by atoms with Crippen molar-refractivity contribution in [3.05, 3.63) is 234 Å². The molecule has 11 rings (SSSR count). The van der Waals surface area contributed by atoms with Gasteiger partial charge in [0.2, 0.25) is 0 Å². The van der Waals surface area contributed by atoms with E-state index in [4.69, 9.17) is 21.5 Å². The smallest absolute Gasteiger partial charge is 0.187 e. The first kappa shape index (κ1) is 40.5. The average Bonchev–Trinajstić information content (AvgIpc) is 3.71. The van der Waals surface area contributed by atoms with Gasteiger partial charge in [-0.15, -0.1) is 0 Å². The summed E-state index contributed by atoms with van der Waals surface area (Å²) in [6.45, 7) is 12.1. The van der Waals surface area contributed by atoms with Crippen LogP contribution in [-0.4, -0.2) is 19.5 Å². The van der Waals surface area contributed by atoms with Crippen molar-refractivity contribution < 1.29 is 0 Å². The molecule has 0 aliphatic heterocycles. The Hall–Kier alpha value is -9.23. The molecule has 11 aromatic rings. The SMILES string of the molecule is [C-]#[N+]c1ccc(-c2cc(-c3nc(-c4ccccc4)nc(-c4ccccc4)n3)cc(-c3ccc(C#N)cc3)c2-n2c3ccc(-c4ccccc4C)cc3c3cc(-c4ccccc4C)ccc32)cc1. The maximum absolute atomic E-state index is 9.95. The van der Waals surface area contributed by atoms with E-state index in [-0.39, 0.29) is 0 Å². The molecule has 0 N–H and O–H groups in total. The highest BCUT2D eigenvalue weighted by molar-refractivity contribution is 6.13. The van der Waals surface area contributed by atoms with Gasteiger partial charge in [0.1, 0.15) is 0 Å². The first-order valence-corrected chi connectivity index (χ1v) is 22.2. The van der Waals surface area contributed by atoms with Crippen LogP contribution in [0.4, 0.5) is 5.69 Å². The van der Waals surface area contributed by atoms with Gasteiger partial charge in [-0.05, 0) is 107 Å². The van der Waals surface area contributed by atoms with Crippen LogP contribution in [0.3, 0.4) is 0 Å². The molecule has 2 heterocycles. The number of aryl methyl sites for hydroxylation is 2. The molecule has 0 saturated heterocycles. The van der Waals surface area contributed by atoms with Gasteiger partial charge in [0.15, 0.2) is 23.2 Å². The number of hydrogen-bond donors (Lipinski definition) is 0. The molecule has 0 spiro atoms. The Balaban J connectivity index is 1.26. The molecular weight excluding hydrogens is 817 g/mol. The van der Waals surface area contributed by atoms with Gasteiger partial charge in [-0.3, -0.25) is 0 Å². The number of nitrogens with zero attached hydrogens (tertiary/aromatic N) is 6. The molecule has 0 unspecified atom stereocenters. The molecule has 0 bridgehead atoms. The number of benzene rings is 9. The predicted molar refractivity (Wildman–Crippen MR) is 273 cm³/mol. The minimum atomic E-state index is 0.515. The van der Waals surface area contributed by atoms with Gasteiger partial charge in [-0.1, -0.05) is 158 Å². The van der Waals surface area contributed by atoms with Crippen LogP contribution in [0.5, 0.6) is 0 Å². The van der Waals surface area contributed by atoms with E-state index in [1.165, 1.54) is 22.3 Å². The van der Waals surface area contributed by atoms with E-state index in [1.54, 1.807) is 0 Å². The second-order valence-electron chi connectivity index (χ2n) is 16.7. The van der Waals surface area contributed by atoms with Crippen molar-refractivity contribution in [3.63, 3.8) is 0 Å².